The Morgan fingerprint density at radius 3 is 2.47 bits per heavy atom. The van der Waals surface area contributed by atoms with Crippen molar-refractivity contribution in [3.05, 3.63) is 47.3 Å². The van der Waals surface area contributed by atoms with Crippen molar-refractivity contribution in [3.63, 3.8) is 0 Å². The van der Waals surface area contributed by atoms with Crippen molar-refractivity contribution in [2.24, 2.45) is 5.92 Å². The van der Waals surface area contributed by atoms with Gasteiger partial charge in [0.1, 0.15) is 0 Å². The van der Waals surface area contributed by atoms with Gasteiger partial charge >= 0.3 is 18.2 Å². The van der Waals surface area contributed by atoms with Crippen LogP contribution in [0.2, 0.25) is 0 Å². The Morgan fingerprint density at radius 1 is 1.12 bits per heavy atom. The normalized spacial score (nSPS) is 21.8. The molecule has 1 aromatic heterocycles. The van der Waals surface area contributed by atoms with E-state index in [4.69, 9.17) is 5.11 Å². The summed E-state index contributed by atoms with van der Waals surface area (Å²) in [6, 6.07) is 4.66. The molecule has 2 aromatic rings. The van der Waals surface area contributed by atoms with Gasteiger partial charge in [0.05, 0.1) is 5.56 Å². The fourth-order valence-electron chi connectivity index (χ4n) is 4.70. The van der Waals surface area contributed by atoms with Crippen molar-refractivity contribution in [1.29, 1.82) is 0 Å². The van der Waals surface area contributed by atoms with E-state index in [9.17, 15) is 22.8 Å². The number of hydrogen-bond donors (Lipinski definition) is 1. The Hall–Kier alpha value is -3.08. The molecule has 0 bridgehead atoms. The number of carbonyl (C=O) groups is 2. The molecule has 11 heteroatoms. The minimum atomic E-state index is -4.40. The molecule has 3 heterocycles. The van der Waals surface area contributed by atoms with Gasteiger partial charge in [-0.05, 0) is 43.0 Å². The van der Waals surface area contributed by atoms with Crippen LogP contribution < -0.4 is 4.90 Å². The molecule has 34 heavy (non-hydrogen) atoms. The minimum Gasteiger partial charge on any atom is -0.476 e. The van der Waals surface area contributed by atoms with Gasteiger partial charge in [-0.2, -0.15) is 23.0 Å². The van der Waals surface area contributed by atoms with E-state index in [1.807, 2.05) is 11.8 Å². The summed E-state index contributed by atoms with van der Waals surface area (Å²) < 4.78 is 41.1. The van der Waals surface area contributed by atoms with Crippen molar-refractivity contribution in [3.8, 4) is 0 Å². The zero-order valence-electron chi connectivity index (χ0n) is 19.1. The Bertz CT molecular complexity index is 1070. The summed E-state index contributed by atoms with van der Waals surface area (Å²) in [5, 5.41) is 12.8. The summed E-state index contributed by atoms with van der Waals surface area (Å²) in [6.45, 7) is 7.42. The number of piperazine rings is 1. The van der Waals surface area contributed by atoms with Gasteiger partial charge in [-0.25, -0.2) is 9.59 Å². The number of nitrogens with zero attached hydrogens (tertiary/aromatic N) is 5. The van der Waals surface area contributed by atoms with Crippen LogP contribution in [-0.2, 0) is 12.7 Å². The van der Waals surface area contributed by atoms with E-state index in [2.05, 4.69) is 16.9 Å². The Morgan fingerprint density at radius 2 is 1.88 bits per heavy atom. The molecule has 2 aliphatic rings. The molecular formula is C23H28F3N5O3. The number of rotatable bonds is 4. The average molecular weight is 480 g/mol. The first-order chi connectivity index (χ1) is 16.0. The zero-order valence-corrected chi connectivity index (χ0v) is 19.1. The maximum Gasteiger partial charge on any atom is 0.416 e. The highest BCUT2D eigenvalue weighted by Crippen LogP contribution is 2.36. The number of amides is 1. The molecular weight excluding hydrogens is 451 g/mol. The SMILES string of the molecule is C[C@H]1CCN(c2cc(C(F)(F)F)ccc2CN2CCN(C(=O)n3ccc(C(=O)O)n3)[C@H](C)C2)C1. The molecule has 0 radical (unpaired) electrons. The smallest absolute Gasteiger partial charge is 0.416 e. The number of carbonyl (C=O) groups excluding carboxylic acids is 1. The number of benzene rings is 1. The fraction of sp³-hybridized carbons (Fsp3) is 0.522. The highest BCUT2D eigenvalue weighted by Gasteiger charge is 2.34. The Balaban J connectivity index is 1.47. The summed E-state index contributed by atoms with van der Waals surface area (Å²) in [7, 11) is 0. The molecule has 0 spiro atoms. The van der Waals surface area contributed by atoms with Crippen LogP contribution in [0.25, 0.3) is 0 Å². The van der Waals surface area contributed by atoms with E-state index in [0.717, 1.165) is 35.8 Å². The lowest BCUT2D eigenvalue weighted by molar-refractivity contribution is -0.137. The third kappa shape index (κ3) is 5.03. The largest absolute Gasteiger partial charge is 0.476 e. The van der Waals surface area contributed by atoms with E-state index in [1.54, 1.807) is 11.0 Å². The quantitative estimate of drug-likeness (QED) is 0.722. The molecule has 2 saturated heterocycles. The topological polar surface area (TPSA) is 81.9 Å². The van der Waals surface area contributed by atoms with E-state index >= 15 is 0 Å². The first-order valence-electron chi connectivity index (χ1n) is 11.3. The first kappa shape index (κ1) is 24.1. The van der Waals surface area contributed by atoms with Gasteiger partial charge < -0.3 is 14.9 Å². The molecule has 2 aliphatic heterocycles. The molecule has 0 saturated carbocycles. The second-order valence-electron chi connectivity index (χ2n) is 9.19. The lowest BCUT2D eigenvalue weighted by atomic mass is 10.1. The fourth-order valence-corrected chi connectivity index (χ4v) is 4.70. The minimum absolute atomic E-state index is 0.177. The van der Waals surface area contributed by atoms with Crippen LogP contribution >= 0.6 is 0 Å². The maximum absolute atomic E-state index is 13.4. The number of carboxylic acids is 1. The van der Waals surface area contributed by atoms with Gasteiger partial charge in [-0.15, -0.1) is 0 Å². The number of aromatic nitrogens is 2. The molecule has 1 aromatic carbocycles. The third-order valence-corrected chi connectivity index (χ3v) is 6.53. The zero-order chi connectivity index (χ0) is 24.6. The molecule has 1 N–H and O–H groups in total. The predicted octanol–water partition coefficient (Wildman–Crippen LogP) is 3.62. The number of hydrogen-bond acceptors (Lipinski definition) is 5. The van der Waals surface area contributed by atoms with Crippen molar-refractivity contribution >= 4 is 17.7 Å². The number of anilines is 1. The lowest BCUT2D eigenvalue weighted by Crippen LogP contribution is -2.54. The van der Waals surface area contributed by atoms with E-state index in [0.29, 0.717) is 37.8 Å². The second-order valence-corrected chi connectivity index (χ2v) is 9.19. The van der Waals surface area contributed by atoms with Gasteiger partial charge in [0, 0.05) is 57.2 Å². The van der Waals surface area contributed by atoms with Crippen LogP contribution in [0.15, 0.2) is 30.5 Å². The second kappa shape index (κ2) is 9.28. The van der Waals surface area contributed by atoms with Gasteiger partial charge in [0.15, 0.2) is 5.69 Å². The standard InChI is InChI=1S/C23H28F3N5O3/c1-15-5-7-29(12-15)20-11-18(23(24,25)26)4-3-17(20)14-28-9-10-30(16(2)13-28)22(34)31-8-6-19(27-31)21(32)33/h3-4,6,8,11,15-16H,5,7,9-10,12-14H2,1-2H3,(H,32,33)/t15-,16+/m0/s1. The number of aromatic carboxylic acids is 1. The monoisotopic (exact) mass is 479 g/mol. The van der Waals surface area contributed by atoms with Gasteiger partial charge in [0.2, 0.25) is 0 Å². The summed E-state index contributed by atoms with van der Waals surface area (Å²) in [5.74, 6) is -0.773. The Labute approximate surface area is 195 Å². The molecule has 2 atom stereocenters. The van der Waals surface area contributed by atoms with Gasteiger partial charge in [0.25, 0.3) is 0 Å². The molecule has 8 nitrogen and oxygen atoms in total. The van der Waals surface area contributed by atoms with Crippen molar-refractivity contribution in [1.82, 2.24) is 19.6 Å². The molecule has 1 amide bonds. The van der Waals surface area contributed by atoms with E-state index in [1.165, 1.54) is 18.3 Å². The lowest BCUT2D eigenvalue weighted by Gasteiger charge is -2.40. The number of halogens is 3. The van der Waals surface area contributed by atoms with Crippen LogP contribution in [0, 0.1) is 5.92 Å². The number of carboxylic acid groups (broad SMARTS) is 1. The number of alkyl halides is 3. The molecule has 4 rings (SSSR count). The van der Waals surface area contributed by atoms with E-state index in [-0.39, 0.29) is 11.7 Å². The van der Waals surface area contributed by atoms with Crippen LogP contribution in [0.3, 0.4) is 0 Å². The van der Waals surface area contributed by atoms with Crippen molar-refractivity contribution in [2.75, 3.05) is 37.6 Å². The maximum atomic E-state index is 13.4. The van der Waals surface area contributed by atoms with Gasteiger partial charge in [-0.1, -0.05) is 13.0 Å². The summed E-state index contributed by atoms with van der Waals surface area (Å²) in [5.41, 5.74) is 0.621. The van der Waals surface area contributed by atoms with Gasteiger partial charge in [-0.3, -0.25) is 4.90 Å². The summed E-state index contributed by atoms with van der Waals surface area (Å²) in [4.78, 5) is 29.6. The highest BCUT2D eigenvalue weighted by atomic mass is 19.4. The molecule has 2 fully saturated rings. The van der Waals surface area contributed by atoms with Crippen molar-refractivity contribution in [2.45, 2.75) is 39.0 Å². The third-order valence-electron chi connectivity index (χ3n) is 6.53. The average Bonchev–Trinajstić information content (AvgIpc) is 3.42. The first-order valence-corrected chi connectivity index (χ1v) is 11.3. The summed E-state index contributed by atoms with van der Waals surface area (Å²) in [6.07, 6.45) is -2.12. The van der Waals surface area contributed by atoms with E-state index < -0.39 is 23.7 Å². The predicted molar refractivity (Wildman–Crippen MR) is 119 cm³/mol. The van der Waals surface area contributed by atoms with Crippen LogP contribution in [0.1, 0.15) is 41.9 Å². The summed E-state index contributed by atoms with van der Waals surface area (Å²) >= 11 is 0. The van der Waals surface area contributed by atoms with Crippen LogP contribution in [0.4, 0.5) is 23.7 Å². The van der Waals surface area contributed by atoms with Crippen LogP contribution in [0.5, 0.6) is 0 Å². The highest BCUT2D eigenvalue weighted by molar-refractivity contribution is 5.86. The molecule has 0 unspecified atom stereocenters. The molecule has 0 aliphatic carbocycles. The van der Waals surface area contributed by atoms with Crippen LogP contribution in [-0.4, -0.2) is 75.5 Å². The van der Waals surface area contributed by atoms with Crippen molar-refractivity contribution < 1.29 is 27.9 Å². The Kier molecular flexibility index (Phi) is 6.57. The molecule has 184 valence electrons.